The van der Waals surface area contributed by atoms with Crippen LogP contribution in [0.5, 0.6) is 0 Å². The quantitative estimate of drug-likeness (QED) is 0.786. The number of aryl methyl sites for hydroxylation is 3. The van der Waals surface area contributed by atoms with Crippen LogP contribution in [0.2, 0.25) is 0 Å². The van der Waals surface area contributed by atoms with Crippen LogP contribution < -0.4 is 5.32 Å². The van der Waals surface area contributed by atoms with Crippen LogP contribution in [0.25, 0.3) is 0 Å². The number of nitrogens with one attached hydrogen (secondary N) is 1. The van der Waals surface area contributed by atoms with E-state index in [2.05, 4.69) is 30.3 Å². The van der Waals surface area contributed by atoms with Crippen molar-refractivity contribution in [3.63, 3.8) is 0 Å². The first-order valence-electron chi connectivity index (χ1n) is 7.60. The average molecular weight is 289 g/mol. The van der Waals surface area contributed by atoms with Crippen LogP contribution in [0.4, 0.5) is 4.39 Å². The lowest BCUT2D eigenvalue weighted by molar-refractivity contribution is 0.473. The van der Waals surface area contributed by atoms with Gasteiger partial charge in [0.1, 0.15) is 5.82 Å². The summed E-state index contributed by atoms with van der Waals surface area (Å²) in [5, 5.41) is 7.96. The molecule has 0 radical (unpaired) electrons. The zero-order valence-electron chi connectivity index (χ0n) is 13.1. The Bertz CT molecular complexity index is 577. The van der Waals surface area contributed by atoms with Gasteiger partial charge >= 0.3 is 0 Å². The van der Waals surface area contributed by atoms with Crippen LogP contribution in [0, 0.1) is 19.7 Å². The van der Waals surface area contributed by atoms with E-state index in [9.17, 15) is 4.39 Å². The van der Waals surface area contributed by atoms with Crippen molar-refractivity contribution in [3.8, 4) is 0 Å². The molecule has 1 aromatic heterocycles. The number of nitrogens with zero attached hydrogens (tertiary/aromatic N) is 2. The smallest absolute Gasteiger partial charge is 0.123 e. The van der Waals surface area contributed by atoms with Gasteiger partial charge in [-0.25, -0.2) is 4.39 Å². The van der Waals surface area contributed by atoms with Crippen LogP contribution in [0.15, 0.2) is 30.3 Å². The Balaban J connectivity index is 1.82. The zero-order chi connectivity index (χ0) is 15.2. The van der Waals surface area contributed by atoms with E-state index in [1.807, 2.05) is 17.7 Å². The van der Waals surface area contributed by atoms with Gasteiger partial charge in [0.05, 0.1) is 5.69 Å². The van der Waals surface area contributed by atoms with Crippen molar-refractivity contribution >= 4 is 0 Å². The monoisotopic (exact) mass is 289 g/mol. The number of rotatable bonds is 7. The van der Waals surface area contributed by atoms with E-state index in [0.717, 1.165) is 37.2 Å². The molecule has 1 unspecified atom stereocenters. The average Bonchev–Trinajstić information content (AvgIpc) is 2.77. The summed E-state index contributed by atoms with van der Waals surface area (Å²) >= 11 is 0. The molecule has 0 aliphatic rings. The molecule has 2 aromatic rings. The summed E-state index contributed by atoms with van der Waals surface area (Å²) in [7, 11) is 0. The maximum Gasteiger partial charge on any atom is 0.123 e. The Labute approximate surface area is 126 Å². The van der Waals surface area contributed by atoms with Gasteiger partial charge in [0.15, 0.2) is 0 Å². The molecule has 0 aliphatic carbocycles. The Kier molecular flexibility index (Phi) is 5.51. The Hall–Kier alpha value is -1.68. The molecular formula is C17H24FN3. The van der Waals surface area contributed by atoms with Gasteiger partial charge in [0.25, 0.3) is 0 Å². The van der Waals surface area contributed by atoms with Gasteiger partial charge in [0, 0.05) is 18.3 Å². The summed E-state index contributed by atoms with van der Waals surface area (Å²) < 4.78 is 15.3. The summed E-state index contributed by atoms with van der Waals surface area (Å²) in [6, 6.07) is 9.15. The molecule has 3 nitrogen and oxygen atoms in total. The molecule has 0 fully saturated rings. The molecule has 0 amide bonds. The Morgan fingerprint density at radius 3 is 2.71 bits per heavy atom. The number of halogens is 1. The van der Waals surface area contributed by atoms with Crippen LogP contribution >= 0.6 is 0 Å². The van der Waals surface area contributed by atoms with E-state index in [1.165, 1.54) is 11.8 Å². The van der Waals surface area contributed by atoms with Crippen LogP contribution in [-0.4, -0.2) is 16.3 Å². The molecule has 0 aliphatic heterocycles. The van der Waals surface area contributed by atoms with Crippen LogP contribution in [-0.2, 0) is 6.54 Å². The Morgan fingerprint density at radius 2 is 2.10 bits per heavy atom. The maximum atomic E-state index is 13.3. The first-order chi connectivity index (χ1) is 10.1. The van der Waals surface area contributed by atoms with Crippen molar-refractivity contribution in [2.75, 3.05) is 6.54 Å². The summed E-state index contributed by atoms with van der Waals surface area (Å²) in [6.07, 6.45) is 1.96. The second kappa shape index (κ2) is 7.36. The lowest BCUT2D eigenvalue weighted by Crippen LogP contribution is -2.23. The van der Waals surface area contributed by atoms with Crippen molar-refractivity contribution in [3.05, 3.63) is 53.1 Å². The van der Waals surface area contributed by atoms with Crippen LogP contribution in [0.1, 0.15) is 42.8 Å². The molecule has 114 valence electrons. The lowest BCUT2D eigenvalue weighted by atomic mass is 10.0. The number of aromatic nitrogens is 2. The molecule has 0 spiro atoms. The molecule has 1 N–H and O–H groups in total. The van der Waals surface area contributed by atoms with E-state index in [0.29, 0.717) is 0 Å². The van der Waals surface area contributed by atoms with Gasteiger partial charge in [-0.2, -0.15) is 5.10 Å². The van der Waals surface area contributed by atoms with Crippen molar-refractivity contribution in [1.82, 2.24) is 15.1 Å². The molecule has 1 aromatic carbocycles. The van der Waals surface area contributed by atoms with E-state index >= 15 is 0 Å². The number of benzene rings is 1. The number of hydrogen-bond donors (Lipinski definition) is 1. The predicted molar refractivity (Wildman–Crippen MR) is 83.8 cm³/mol. The fourth-order valence-corrected chi connectivity index (χ4v) is 2.63. The summed E-state index contributed by atoms with van der Waals surface area (Å²) in [5.41, 5.74) is 3.28. The minimum absolute atomic E-state index is 0.171. The molecule has 21 heavy (non-hydrogen) atoms. The normalized spacial score (nSPS) is 12.6. The van der Waals surface area contributed by atoms with E-state index in [4.69, 9.17) is 0 Å². The van der Waals surface area contributed by atoms with Gasteiger partial charge in [-0.3, -0.25) is 4.68 Å². The molecule has 0 saturated carbocycles. The first-order valence-corrected chi connectivity index (χ1v) is 7.60. The highest BCUT2D eigenvalue weighted by atomic mass is 19.1. The van der Waals surface area contributed by atoms with E-state index in [1.54, 1.807) is 12.1 Å². The summed E-state index contributed by atoms with van der Waals surface area (Å²) in [4.78, 5) is 0. The van der Waals surface area contributed by atoms with Gasteiger partial charge < -0.3 is 5.32 Å². The van der Waals surface area contributed by atoms with E-state index in [-0.39, 0.29) is 11.9 Å². The summed E-state index contributed by atoms with van der Waals surface area (Å²) in [5.74, 6) is -0.171. The van der Waals surface area contributed by atoms with Gasteiger partial charge in [-0.15, -0.1) is 0 Å². The molecular weight excluding hydrogens is 265 g/mol. The summed E-state index contributed by atoms with van der Waals surface area (Å²) in [6.45, 7) is 8.01. The standard InChI is InChI=1S/C17H24FN3/c1-4-17(15-7-5-8-16(18)12-15)19-9-6-10-21-14(3)11-13(2)20-21/h5,7-8,11-12,17,19H,4,6,9-10H2,1-3H3. The van der Waals surface area contributed by atoms with E-state index < -0.39 is 0 Å². The predicted octanol–water partition coefficient (Wildman–Crippen LogP) is 3.77. The largest absolute Gasteiger partial charge is 0.310 e. The minimum Gasteiger partial charge on any atom is -0.310 e. The van der Waals surface area contributed by atoms with Gasteiger partial charge in [-0.05, 0) is 57.0 Å². The highest BCUT2D eigenvalue weighted by Gasteiger charge is 2.09. The van der Waals surface area contributed by atoms with Gasteiger partial charge in [0.2, 0.25) is 0 Å². The highest BCUT2D eigenvalue weighted by Crippen LogP contribution is 2.17. The van der Waals surface area contributed by atoms with Crippen molar-refractivity contribution < 1.29 is 4.39 Å². The molecule has 0 saturated heterocycles. The van der Waals surface area contributed by atoms with Crippen molar-refractivity contribution in [2.24, 2.45) is 0 Å². The fourth-order valence-electron chi connectivity index (χ4n) is 2.63. The third kappa shape index (κ3) is 4.39. The SMILES string of the molecule is CCC(NCCCn1nc(C)cc1C)c1cccc(F)c1. The first kappa shape index (κ1) is 15.7. The van der Waals surface area contributed by atoms with Crippen molar-refractivity contribution in [2.45, 2.75) is 46.2 Å². The Morgan fingerprint density at radius 1 is 1.29 bits per heavy atom. The van der Waals surface area contributed by atoms with Crippen LogP contribution in [0.3, 0.4) is 0 Å². The van der Waals surface area contributed by atoms with Gasteiger partial charge in [-0.1, -0.05) is 19.1 Å². The second-order valence-electron chi connectivity index (χ2n) is 5.47. The topological polar surface area (TPSA) is 29.9 Å². The third-order valence-electron chi connectivity index (χ3n) is 3.70. The molecule has 0 bridgehead atoms. The zero-order valence-corrected chi connectivity index (χ0v) is 13.1. The minimum atomic E-state index is -0.171. The maximum absolute atomic E-state index is 13.3. The second-order valence-corrected chi connectivity index (χ2v) is 5.47. The highest BCUT2D eigenvalue weighted by molar-refractivity contribution is 5.20. The number of hydrogen-bond acceptors (Lipinski definition) is 2. The lowest BCUT2D eigenvalue weighted by Gasteiger charge is -2.17. The molecule has 2 rings (SSSR count). The third-order valence-corrected chi connectivity index (χ3v) is 3.70. The fraction of sp³-hybridized carbons (Fsp3) is 0.471. The van der Waals surface area contributed by atoms with Crippen molar-refractivity contribution in [1.29, 1.82) is 0 Å². The molecule has 1 heterocycles. The molecule has 4 heteroatoms. The molecule has 1 atom stereocenters.